The first kappa shape index (κ1) is 31.1. The second-order valence-corrected chi connectivity index (χ2v) is 13.2. The van der Waals surface area contributed by atoms with Gasteiger partial charge in [-0.15, -0.1) is 0 Å². The standard InChI is InChI=1S/C16H28N5O14P3/c1-8(22)16(2,3)5-32-38(29,30)35-37(27,28)31-4-9-12(34-36(24,25)26)11(23)15(33-9)21-7-20-10-13(17)18-6-19-14(10)21/h6-9,11-12,15,22-23H,4-5H2,1-3H3,(H,27,28)(H,29,30)(H2,17,18,19)(H2,24,25,26)/t8-,9+,11+,12+,15+/m0/s1. The number of rotatable bonds is 12. The number of anilines is 1. The highest BCUT2D eigenvalue weighted by Crippen LogP contribution is 2.61. The van der Waals surface area contributed by atoms with E-state index in [1.807, 2.05) is 0 Å². The summed E-state index contributed by atoms with van der Waals surface area (Å²) in [5, 5.41) is 20.4. The van der Waals surface area contributed by atoms with Gasteiger partial charge in [-0.2, -0.15) is 4.31 Å². The van der Waals surface area contributed by atoms with Crippen LogP contribution in [0.3, 0.4) is 0 Å². The van der Waals surface area contributed by atoms with Crippen molar-refractivity contribution in [1.82, 2.24) is 19.5 Å². The fraction of sp³-hybridized carbons (Fsp3) is 0.688. The SMILES string of the molecule is C[C@H](O)C(C)(C)COP(=O)(O)OP(=O)(O)OC[C@H]1O[C@@H](n2cnc3c(N)ncnc32)[C@H](O)[C@@H]1OP(=O)(O)O. The average molecular weight is 607 g/mol. The van der Waals surface area contributed by atoms with Gasteiger partial charge in [-0.25, -0.2) is 28.6 Å². The van der Waals surface area contributed by atoms with Gasteiger partial charge in [0.05, 0.1) is 25.6 Å². The molecule has 216 valence electrons. The molecule has 7 atom stereocenters. The summed E-state index contributed by atoms with van der Waals surface area (Å²) in [4.78, 5) is 50.0. The van der Waals surface area contributed by atoms with Gasteiger partial charge in [0.1, 0.15) is 30.2 Å². The van der Waals surface area contributed by atoms with Gasteiger partial charge < -0.3 is 40.3 Å². The Hall–Kier alpha value is -1.40. The lowest BCUT2D eigenvalue weighted by Gasteiger charge is -2.28. The molecule has 1 saturated heterocycles. The van der Waals surface area contributed by atoms with E-state index in [9.17, 15) is 43.5 Å². The Kier molecular flexibility index (Phi) is 9.20. The molecule has 1 fully saturated rings. The molecule has 2 aromatic rings. The molecule has 0 spiro atoms. The number of phosphoric acid groups is 3. The predicted molar refractivity (Wildman–Crippen MR) is 125 cm³/mol. The largest absolute Gasteiger partial charge is 0.481 e. The second kappa shape index (κ2) is 11.2. The molecule has 8 N–H and O–H groups in total. The molecule has 0 bridgehead atoms. The summed E-state index contributed by atoms with van der Waals surface area (Å²) in [6.45, 7) is 2.84. The van der Waals surface area contributed by atoms with Crippen LogP contribution in [0.5, 0.6) is 0 Å². The molecule has 0 radical (unpaired) electrons. The average Bonchev–Trinajstić information content (AvgIpc) is 3.32. The number of nitrogens with two attached hydrogens (primary N) is 1. The molecule has 0 aliphatic carbocycles. The van der Waals surface area contributed by atoms with Crippen LogP contribution in [-0.4, -0.2) is 86.9 Å². The van der Waals surface area contributed by atoms with E-state index in [-0.39, 0.29) is 17.0 Å². The summed E-state index contributed by atoms with van der Waals surface area (Å²) in [5.41, 5.74) is 4.91. The maximum Gasteiger partial charge on any atom is 0.481 e. The monoisotopic (exact) mass is 607 g/mol. The van der Waals surface area contributed by atoms with Crippen LogP contribution in [0.1, 0.15) is 27.0 Å². The summed E-state index contributed by atoms with van der Waals surface area (Å²) >= 11 is 0. The van der Waals surface area contributed by atoms with Crippen LogP contribution < -0.4 is 5.73 Å². The number of aliphatic hydroxyl groups is 2. The fourth-order valence-electron chi connectivity index (χ4n) is 3.14. The van der Waals surface area contributed by atoms with Crippen LogP contribution in [0.2, 0.25) is 0 Å². The van der Waals surface area contributed by atoms with E-state index >= 15 is 0 Å². The lowest BCUT2D eigenvalue weighted by atomic mass is 9.89. The Morgan fingerprint density at radius 2 is 1.76 bits per heavy atom. The topological polar surface area (TPSA) is 288 Å². The van der Waals surface area contributed by atoms with Gasteiger partial charge in [0.25, 0.3) is 0 Å². The molecule has 3 heterocycles. The molecule has 1 aliphatic heterocycles. The van der Waals surface area contributed by atoms with Crippen LogP contribution >= 0.6 is 23.5 Å². The Bertz CT molecular complexity index is 1280. The number of aliphatic hydroxyl groups excluding tert-OH is 2. The molecular formula is C16H28N5O14P3. The van der Waals surface area contributed by atoms with Crippen molar-refractivity contribution in [2.75, 3.05) is 18.9 Å². The van der Waals surface area contributed by atoms with Gasteiger partial charge in [0, 0.05) is 5.41 Å². The van der Waals surface area contributed by atoms with Crippen molar-refractivity contribution in [2.24, 2.45) is 5.41 Å². The molecule has 1 aliphatic rings. The van der Waals surface area contributed by atoms with E-state index in [4.69, 9.17) is 10.5 Å². The zero-order valence-electron chi connectivity index (χ0n) is 20.1. The molecule has 0 saturated carbocycles. The van der Waals surface area contributed by atoms with Crippen molar-refractivity contribution < 1.29 is 66.1 Å². The zero-order chi connectivity index (χ0) is 28.7. The van der Waals surface area contributed by atoms with Gasteiger partial charge in [-0.05, 0) is 6.92 Å². The van der Waals surface area contributed by atoms with E-state index in [0.717, 1.165) is 17.2 Å². The molecule has 3 rings (SSSR count). The van der Waals surface area contributed by atoms with Gasteiger partial charge in [0.2, 0.25) is 0 Å². The Morgan fingerprint density at radius 3 is 2.37 bits per heavy atom. The van der Waals surface area contributed by atoms with Crippen molar-refractivity contribution in [3.63, 3.8) is 0 Å². The van der Waals surface area contributed by atoms with Gasteiger partial charge in [-0.3, -0.25) is 18.1 Å². The number of aromatic nitrogens is 4. The first-order valence-corrected chi connectivity index (χ1v) is 15.2. The van der Waals surface area contributed by atoms with Crippen molar-refractivity contribution in [3.8, 4) is 0 Å². The Balaban J connectivity index is 1.75. The maximum atomic E-state index is 12.3. The van der Waals surface area contributed by atoms with Gasteiger partial charge in [0.15, 0.2) is 17.7 Å². The molecule has 0 aromatic carbocycles. The minimum atomic E-state index is -5.36. The highest BCUT2D eigenvalue weighted by atomic mass is 31.3. The summed E-state index contributed by atoms with van der Waals surface area (Å²) in [6, 6.07) is 0. The molecule has 38 heavy (non-hydrogen) atoms. The van der Waals surface area contributed by atoms with E-state index in [0.29, 0.717) is 0 Å². The van der Waals surface area contributed by atoms with Crippen molar-refractivity contribution >= 4 is 40.4 Å². The highest BCUT2D eigenvalue weighted by molar-refractivity contribution is 7.61. The number of imidazole rings is 1. The summed E-state index contributed by atoms with van der Waals surface area (Å²) in [7, 11) is -15.8. The quantitative estimate of drug-likeness (QED) is 0.154. The first-order chi connectivity index (χ1) is 17.3. The van der Waals surface area contributed by atoms with Crippen LogP contribution in [0.15, 0.2) is 12.7 Å². The number of phosphoric ester groups is 3. The van der Waals surface area contributed by atoms with E-state index in [1.54, 1.807) is 0 Å². The van der Waals surface area contributed by atoms with Gasteiger partial charge >= 0.3 is 23.5 Å². The number of hydrogen-bond acceptors (Lipinski definition) is 14. The van der Waals surface area contributed by atoms with Crippen molar-refractivity contribution in [2.45, 2.75) is 51.4 Å². The third-order valence-corrected chi connectivity index (χ3v) is 8.67. The van der Waals surface area contributed by atoms with E-state index < -0.39 is 72.7 Å². The molecule has 2 unspecified atom stereocenters. The van der Waals surface area contributed by atoms with Crippen LogP contribution in [0, 0.1) is 5.41 Å². The molecule has 19 nitrogen and oxygen atoms in total. The summed E-state index contributed by atoms with van der Waals surface area (Å²) in [5.74, 6) is -0.00464. The van der Waals surface area contributed by atoms with Crippen molar-refractivity contribution in [1.29, 1.82) is 0 Å². The van der Waals surface area contributed by atoms with E-state index in [2.05, 4.69) is 32.8 Å². The number of nitrogen functional groups attached to an aromatic ring is 1. The lowest BCUT2D eigenvalue weighted by Crippen LogP contribution is -2.35. The minimum Gasteiger partial charge on any atom is -0.393 e. The number of nitrogens with zero attached hydrogens (tertiary/aromatic N) is 4. The Morgan fingerprint density at radius 1 is 1.13 bits per heavy atom. The van der Waals surface area contributed by atoms with Crippen LogP contribution in [0.4, 0.5) is 5.82 Å². The summed E-state index contributed by atoms with van der Waals surface area (Å²) in [6.07, 6.45) is -5.45. The van der Waals surface area contributed by atoms with Crippen LogP contribution in [-0.2, 0) is 36.3 Å². The number of hydrogen-bond donors (Lipinski definition) is 7. The zero-order valence-corrected chi connectivity index (χ0v) is 22.8. The number of ether oxygens (including phenoxy) is 1. The Labute approximate surface area is 215 Å². The molecule has 0 amide bonds. The molecular weight excluding hydrogens is 579 g/mol. The first-order valence-electron chi connectivity index (χ1n) is 10.7. The van der Waals surface area contributed by atoms with E-state index in [1.165, 1.54) is 20.8 Å². The molecule has 2 aromatic heterocycles. The maximum absolute atomic E-state index is 12.3. The molecule has 22 heteroatoms. The lowest BCUT2D eigenvalue weighted by molar-refractivity contribution is -0.0504. The van der Waals surface area contributed by atoms with Crippen LogP contribution in [0.25, 0.3) is 11.2 Å². The normalized spacial score (nSPS) is 26.8. The van der Waals surface area contributed by atoms with Crippen molar-refractivity contribution in [3.05, 3.63) is 12.7 Å². The fourth-order valence-corrected chi connectivity index (χ4v) is 5.97. The number of fused-ring (bicyclic) bond motifs is 1. The second-order valence-electron chi connectivity index (χ2n) is 8.95. The summed E-state index contributed by atoms with van der Waals surface area (Å²) < 4.78 is 60.9. The smallest absolute Gasteiger partial charge is 0.393 e. The third kappa shape index (κ3) is 7.62. The van der Waals surface area contributed by atoms with Gasteiger partial charge in [-0.1, -0.05) is 13.8 Å². The third-order valence-electron chi connectivity index (χ3n) is 5.57. The highest BCUT2D eigenvalue weighted by Gasteiger charge is 2.50. The predicted octanol–water partition coefficient (Wildman–Crippen LogP) is -0.198. The minimum absolute atomic E-state index is 0.00464.